The standard InChI is InChI=1S/C16H22N2O6S/c1-11(15(19)18-8-4-3-5-9-18)24-16(20)13-10-12(25(17,21)22)6-7-14(13)23-2/h6-7,10-11H,3-5,8-9H2,1-2H3,(H2,17,21,22)/t11-/m0/s1. The highest BCUT2D eigenvalue weighted by atomic mass is 32.2. The first-order chi connectivity index (χ1) is 11.7. The number of likely N-dealkylation sites (tertiary alicyclic amines) is 1. The van der Waals surface area contributed by atoms with Gasteiger partial charge in [0.15, 0.2) is 6.10 Å². The maximum atomic E-state index is 12.4. The molecule has 8 nitrogen and oxygen atoms in total. The van der Waals surface area contributed by atoms with Crippen LogP contribution in [0.1, 0.15) is 36.5 Å². The van der Waals surface area contributed by atoms with Gasteiger partial charge in [-0.15, -0.1) is 0 Å². The summed E-state index contributed by atoms with van der Waals surface area (Å²) in [6.45, 7) is 2.78. The monoisotopic (exact) mass is 370 g/mol. The van der Waals surface area contributed by atoms with Crippen molar-refractivity contribution in [2.75, 3.05) is 20.2 Å². The van der Waals surface area contributed by atoms with Crippen LogP contribution >= 0.6 is 0 Å². The van der Waals surface area contributed by atoms with Gasteiger partial charge in [0, 0.05) is 13.1 Å². The van der Waals surface area contributed by atoms with Crippen molar-refractivity contribution >= 4 is 21.9 Å². The number of ether oxygens (including phenoxy) is 2. The molecule has 2 rings (SSSR count). The van der Waals surface area contributed by atoms with Gasteiger partial charge in [0.2, 0.25) is 10.0 Å². The first-order valence-corrected chi connectivity index (χ1v) is 9.49. The van der Waals surface area contributed by atoms with E-state index in [1.165, 1.54) is 26.2 Å². The van der Waals surface area contributed by atoms with Crippen molar-refractivity contribution in [3.05, 3.63) is 23.8 Å². The average molecular weight is 370 g/mol. The maximum absolute atomic E-state index is 12.4. The number of sulfonamides is 1. The van der Waals surface area contributed by atoms with Crippen molar-refractivity contribution in [3.63, 3.8) is 0 Å². The van der Waals surface area contributed by atoms with Crippen molar-refractivity contribution in [2.24, 2.45) is 5.14 Å². The van der Waals surface area contributed by atoms with Crippen LogP contribution in [0, 0.1) is 0 Å². The molecule has 0 radical (unpaired) electrons. The minimum atomic E-state index is -3.98. The molecule has 0 spiro atoms. The predicted molar refractivity (Wildman–Crippen MR) is 89.7 cm³/mol. The van der Waals surface area contributed by atoms with Crippen LogP contribution in [-0.2, 0) is 19.6 Å². The zero-order chi connectivity index (χ0) is 18.6. The molecule has 0 saturated carbocycles. The zero-order valence-corrected chi connectivity index (χ0v) is 15.0. The van der Waals surface area contributed by atoms with E-state index in [2.05, 4.69) is 0 Å². The summed E-state index contributed by atoms with van der Waals surface area (Å²) < 4.78 is 33.2. The summed E-state index contributed by atoms with van der Waals surface area (Å²) in [5.41, 5.74) is -0.104. The molecular formula is C16H22N2O6S. The third-order valence-electron chi connectivity index (χ3n) is 4.02. The van der Waals surface area contributed by atoms with Gasteiger partial charge in [0.05, 0.1) is 12.0 Å². The molecular weight excluding hydrogens is 348 g/mol. The van der Waals surface area contributed by atoms with Gasteiger partial charge in [-0.05, 0) is 44.4 Å². The average Bonchev–Trinajstić information content (AvgIpc) is 2.60. The SMILES string of the molecule is COc1ccc(S(N)(=O)=O)cc1C(=O)O[C@@H](C)C(=O)N1CCCCC1. The fourth-order valence-electron chi connectivity index (χ4n) is 2.67. The number of hydrogen-bond acceptors (Lipinski definition) is 6. The third kappa shape index (κ3) is 4.70. The van der Waals surface area contributed by atoms with E-state index in [-0.39, 0.29) is 22.1 Å². The largest absolute Gasteiger partial charge is 0.496 e. The van der Waals surface area contributed by atoms with Gasteiger partial charge in [-0.3, -0.25) is 4.79 Å². The Bertz CT molecular complexity index is 756. The molecule has 1 aromatic rings. The van der Waals surface area contributed by atoms with Gasteiger partial charge >= 0.3 is 5.97 Å². The number of carbonyl (C=O) groups is 2. The second-order valence-electron chi connectivity index (χ2n) is 5.84. The Balaban J connectivity index is 2.17. The van der Waals surface area contributed by atoms with Gasteiger partial charge < -0.3 is 14.4 Å². The van der Waals surface area contributed by atoms with Crippen molar-refractivity contribution < 1.29 is 27.5 Å². The molecule has 1 heterocycles. The van der Waals surface area contributed by atoms with Crippen LogP contribution in [0.4, 0.5) is 0 Å². The molecule has 9 heteroatoms. The molecule has 1 fully saturated rings. The van der Waals surface area contributed by atoms with E-state index < -0.39 is 22.1 Å². The summed E-state index contributed by atoms with van der Waals surface area (Å²) >= 11 is 0. The number of primary sulfonamides is 1. The van der Waals surface area contributed by atoms with E-state index in [0.717, 1.165) is 25.3 Å². The van der Waals surface area contributed by atoms with E-state index >= 15 is 0 Å². The summed E-state index contributed by atoms with van der Waals surface area (Å²) in [4.78, 5) is 26.2. The molecule has 25 heavy (non-hydrogen) atoms. The number of rotatable bonds is 5. The molecule has 1 aliphatic rings. The van der Waals surface area contributed by atoms with Crippen molar-refractivity contribution in [2.45, 2.75) is 37.2 Å². The van der Waals surface area contributed by atoms with Crippen molar-refractivity contribution in [1.82, 2.24) is 4.90 Å². The number of esters is 1. The smallest absolute Gasteiger partial charge is 0.342 e. The lowest BCUT2D eigenvalue weighted by Crippen LogP contribution is -2.42. The van der Waals surface area contributed by atoms with Crippen LogP contribution in [0.5, 0.6) is 5.75 Å². The van der Waals surface area contributed by atoms with Gasteiger partial charge in [-0.25, -0.2) is 18.4 Å². The van der Waals surface area contributed by atoms with E-state index in [1.54, 1.807) is 4.90 Å². The molecule has 1 saturated heterocycles. The summed E-state index contributed by atoms with van der Waals surface area (Å²) in [6, 6.07) is 3.62. The summed E-state index contributed by atoms with van der Waals surface area (Å²) in [7, 11) is -2.65. The van der Waals surface area contributed by atoms with Crippen LogP contribution in [-0.4, -0.2) is 51.5 Å². The lowest BCUT2D eigenvalue weighted by atomic mass is 10.1. The first kappa shape index (κ1) is 19.2. The number of nitrogens with zero attached hydrogens (tertiary/aromatic N) is 1. The van der Waals surface area contributed by atoms with E-state index in [4.69, 9.17) is 14.6 Å². The fraction of sp³-hybridized carbons (Fsp3) is 0.500. The number of amides is 1. The normalized spacial score (nSPS) is 16.2. The van der Waals surface area contributed by atoms with Crippen molar-refractivity contribution in [1.29, 1.82) is 0 Å². The summed E-state index contributed by atoms with van der Waals surface area (Å²) in [6.07, 6.45) is 1.96. The van der Waals surface area contributed by atoms with Crippen LogP contribution < -0.4 is 9.88 Å². The minimum Gasteiger partial charge on any atom is -0.496 e. The molecule has 0 unspecified atom stereocenters. The Morgan fingerprint density at radius 2 is 1.84 bits per heavy atom. The number of benzene rings is 1. The zero-order valence-electron chi connectivity index (χ0n) is 14.2. The topological polar surface area (TPSA) is 116 Å². The second kappa shape index (κ2) is 7.83. The van der Waals surface area contributed by atoms with Gasteiger partial charge in [0.25, 0.3) is 5.91 Å². The Morgan fingerprint density at radius 3 is 2.40 bits per heavy atom. The number of hydrogen-bond donors (Lipinski definition) is 1. The Labute approximate surface area is 146 Å². The maximum Gasteiger partial charge on any atom is 0.342 e. The molecule has 1 atom stereocenters. The third-order valence-corrected chi connectivity index (χ3v) is 4.93. The minimum absolute atomic E-state index is 0.104. The van der Waals surface area contributed by atoms with E-state index in [0.29, 0.717) is 13.1 Å². The quantitative estimate of drug-likeness (QED) is 0.770. The molecule has 0 aliphatic carbocycles. The lowest BCUT2D eigenvalue weighted by Gasteiger charge is -2.29. The molecule has 138 valence electrons. The Kier molecular flexibility index (Phi) is 6.02. The highest BCUT2D eigenvalue weighted by Crippen LogP contribution is 2.23. The van der Waals surface area contributed by atoms with Crippen LogP contribution in [0.15, 0.2) is 23.1 Å². The van der Waals surface area contributed by atoms with Crippen LogP contribution in [0.2, 0.25) is 0 Å². The fourth-order valence-corrected chi connectivity index (χ4v) is 3.21. The van der Waals surface area contributed by atoms with Crippen LogP contribution in [0.25, 0.3) is 0 Å². The summed E-state index contributed by atoms with van der Waals surface area (Å²) in [5, 5.41) is 5.08. The number of nitrogens with two attached hydrogens (primary N) is 1. The van der Waals surface area contributed by atoms with E-state index in [1.807, 2.05) is 0 Å². The number of methoxy groups -OCH3 is 1. The summed E-state index contributed by atoms with van der Waals surface area (Å²) in [5.74, 6) is -0.982. The second-order valence-corrected chi connectivity index (χ2v) is 7.40. The highest BCUT2D eigenvalue weighted by molar-refractivity contribution is 7.89. The molecule has 1 aliphatic heterocycles. The van der Waals surface area contributed by atoms with E-state index in [9.17, 15) is 18.0 Å². The molecule has 0 aromatic heterocycles. The number of piperidine rings is 1. The van der Waals surface area contributed by atoms with Crippen LogP contribution in [0.3, 0.4) is 0 Å². The number of carbonyl (C=O) groups excluding carboxylic acids is 2. The lowest BCUT2D eigenvalue weighted by molar-refractivity contribution is -0.140. The molecule has 0 bridgehead atoms. The first-order valence-electron chi connectivity index (χ1n) is 7.94. The predicted octanol–water partition coefficient (Wildman–Crippen LogP) is 0.900. The van der Waals surface area contributed by atoms with Gasteiger partial charge in [-0.1, -0.05) is 0 Å². The Morgan fingerprint density at radius 1 is 1.20 bits per heavy atom. The van der Waals surface area contributed by atoms with Gasteiger partial charge in [0.1, 0.15) is 11.3 Å². The van der Waals surface area contributed by atoms with Crippen molar-refractivity contribution in [3.8, 4) is 5.75 Å². The van der Waals surface area contributed by atoms with Gasteiger partial charge in [-0.2, -0.15) is 0 Å². The molecule has 2 N–H and O–H groups in total. The molecule has 1 aromatic carbocycles. The molecule has 1 amide bonds. The Hall–Kier alpha value is -2.13. The highest BCUT2D eigenvalue weighted by Gasteiger charge is 2.27.